The second-order valence-electron chi connectivity index (χ2n) is 3.86. The first-order chi connectivity index (χ1) is 7.57. The quantitative estimate of drug-likeness (QED) is 0.735. The molecule has 1 aliphatic rings. The first-order valence-corrected chi connectivity index (χ1v) is 6.87. The van der Waals surface area contributed by atoms with Gasteiger partial charge in [-0.15, -0.1) is 0 Å². The van der Waals surface area contributed by atoms with Crippen molar-refractivity contribution in [2.45, 2.75) is 12.5 Å². The summed E-state index contributed by atoms with van der Waals surface area (Å²) in [4.78, 5) is 4.11. The number of sulfone groups is 1. The molecule has 0 aromatic heterocycles. The lowest BCUT2D eigenvalue weighted by Crippen LogP contribution is -2.07. The molecule has 0 unspecified atom stereocenters. The highest BCUT2D eigenvalue weighted by atomic mass is 32.2. The number of hydrogen-bond donors (Lipinski definition) is 0. The van der Waals surface area contributed by atoms with Gasteiger partial charge < -0.3 is 0 Å². The lowest BCUT2D eigenvalue weighted by atomic mass is 10.2. The van der Waals surface area contributed by atoms with Crippen LogP contribution in [0.3, 0.4) is 0 Å². The third kappa shape index (κ3) is 2.66. The van der Waals surface area contributed by atoms with Crippen LogP contribution >= 0.6 is 0 Å². The maximum Gasteiger partial charge on any atom is 0.152 e. The summed E-state index contributed by atoms with van der Waals surface area (Å²) in [6.45, 7) is 0. The largest absolute Gasteiger partial charge is 0.288 e. The monoisotopic (exact) mass is 241 g/mol. The SMILES string of the molecule is O=S1(=O)CC[C@@H](N=Cc2ccccc2F)C1. The highest BCUT2D eigenvalue weighted by molar-refractivity contribution is 7.91. The lowest BCUT2D eigenvalue weighted by molar-refractivity contribution is 0.601. The van der Waals surface area contributed by atoms with Gasteiger partial charge in [-0.2, -0.15) is 0 Å². The van der Waals surface area contributed by atoms with E-state index in [1.165, 1.54) is 12.3 Å². The Hall–Kier alpha value is -1.23. The topological polar surface area (TPSA) is 46.5 Å². The second kappa shape index (κ2) is 4.33. The van der Waals surface area contributed by atoms with Crippen LogP contribution in [0.15, 0.2) is 29.3 Å². The summed E-state index contributed by atoms with van der Waals surface area (Å²) in [6, 6.07) is 6.07. The van der Waals surface area contributed by atoms with Gasteiger partial charge in [0.15, 0.2) is 9.84 Å². The minimum atomic E-state index is -2.92. The molecule has 3 nitrogen and oxygen atoms in total. The normalized spacial score (nSPS) is 23.9. The first-order valence-electron chi connectivity index (χ1n) is 5.05. The van der Waals surface area contributed by atoms with E-state index in [0.29, 0.717) is 12.0 Å². The van der Waals surface area contributed by atoms with Gasteiger partial charge in [0.1, 0.15) is 5.82 Å². The maximum atomic E-state index is 13.2. The predicted octanol–water partition coefficient (Wildman–Crippen LogP) is 1.43. The van der Waals surface area contributed by atoms with Gasteiger partial charge in [0.25, 0.3) is 0 Å². The fourth-order valence-corrected chi connectivity index (χ4v) is 3.30. The minimum Gasteiger partial charge on any atom is -0.288 e. The van der Waals surface area contributed by atoms with E-state index in [9.17, 15) is 12.8 Å². The van der Waals surface area contributed by atoms with Crippen molar-refractivity contribution >= 4 is 16.1 Å². The minimum absolute atomic E-state index is 0.0813. The highest BCUT2D eigenvalue weighted by Gasteiger charge is 2.26. The van der Waals surface area contributed by atoms with Gasteiger partial charge in [-0.05, 0) is 12.5 Å². The molecule has 86 valence electrons. The first kappa shape index (κ1) is 11.3. The van der Waals surface area contributed by atoms with Crippen molar-refractivity contribution in [2.75, 3.05) is 11.5 Å². The Morgan fingerprint density at radius 2 is 2.12 bits per heavy atom. The Balaban J connectivity index is 2.09. The van der Waals surface area contributed by atoms with Crippen LogP contribution in [0.25, 0.3) is 0 Å². The van der Waals surface area contributed by atoms with E-state index in [0.717, 1.165) is 0 Å². The molecule has 0 spiro atoms. The molecule has 1 aliphatic heterocycles. The molecule has 0 bridgehead atoms. The van der Waals surface area contributed by atoms with Gasteiger partial charge in [0.05, 0.1) is 17.5 Å². The summed E-state index contributed by atoms with van der Waals surface area (Å²) in [6.07, 6.45) is 1.95. The molecule has 0 aliphatic carbocycles. The Kier molecular flexibility index (Phi) is 3.05. The zero-order valence-corrected chi connectivity index (χ0v) is 9.45. The van der Waals surface area contributed by atoms with Crippen molar-refractivity contribution in [2.24, 2.45) is 4.99 Å². The molecule has 1 heterocycles. The summed E-state index contributed by atoms with van der Waals surface area (Å²) >= 11 is 0. The Morgan fingerprint density at radius 1 is 1.38 bits per heavy atom. The summed E-state index contributed by atoms with van der Waals surface area (Å²) < 4.78 is 35.5. The lowest BCUT2D eigenvalue weighted by Gasteiger charge is -1.99. The second-order valence-corrected chi connectivity index (χ2v) is 6.09. The summed E-state index contributed by atoms with van der Waals surface area (Å²) in [7, 11) is -2.92. The van der Waals surface area contributed by atoms with Crippen LogP contribution in [0.1, 0.15) is 12.0 Å². The number of halogens is 1. The molecule has 0 radical (unpaired) electrons. The number of aliphatic imine (C=N–C) groups is 1. The Labute approximate surface area is 93.9 Å². The van der Waals surface area contributed by atoms with Crippen molar-refractivity contribution in [1.82, 2.24) is 0 Å². The van der Waals surface area contributed by atoms with Gasteiger partial charge in [0, 0.05) is 11.8 Å². The number of hydrogen-bond acceptors (Lipinski definition) is 3. The average molecular weight is 241 g/mol. The molecule has 1 aromatic rings. The smallest absolute Gasteiger partial charge is 0.152 e. The summed E-state index contributed by atoms with van der Waals surface area (Å²) in [5.41, 5.74) is 0.395. The van der Waals surface area contributed by atoms with Crippen LogP contribution < -0.4 is 0 Å². The van der Waals surface area contributed by atoms with Crippen molar-refractivity contribution < 1.29 is 12.8 Å². The molecule has 1 aromatic carbocycles. The van der Waals surface area contributed by atoms with Crippen molar-refractivity contribution in [1.29, 1.82) is 0 Å². The van der Waals surface area contributed by atoms with E-state index in [1.54, 1.807) is 18.2 Å². The van der Waals surface area contributed by atoms with E-state index in [-0.39, 0.29) is 23.4 Å². The van der Waals surface area contributed by atoms with E-state index in [1.807, 2.05) is 0 Å². The zero-order chi connectivity index (χ0) is 11.6. The average Bonchev–Trinajstić information content (AvgIpc) is 2.57. The van der Waals surface area contributed by atoms with Crippen LogP contribution in [0, 0.1) is 5.82 Å². The molecule has 5 heteroatoms. The summed E-state index contributed by atoms with van der Waals surface area (Å²) in [5, 5.41) is 0. The van der Waals surface area contributed by atoms with Crippen LogP contribution in [0.5, 0.6) is 0 Å². The van der Waals surface area contributed by atoms with E-state index >= 15 is 0 Å². The fraction of sp³-hybridized carbons (Fsp3) is 0.364. The molecule has 0 N–H and O–H groups in total. The van der Waals surface area contributed by atoms with Gasteiger partial charge >= 0.3 is 0 Å². The van der Waals surface area contributed by atoms with Crippen LogP contribution in [-0.2, 0) is 9.84 Å². The molecule has 0 saturated carbocycles. The highest BCUT2D eigenvalue weighted by Crippen LogP contribution is 2.15. The van der Waals surface area contributed by atoms with Crippen LogP contribution in [0.2, 0.25) is 0 Å². The third-order valence-electron chi connectivity index (χ3n) is 2.54. The number of rotatable bonds is 2. The summed E-state index contributed by atoms with van der Waals surface area (Å²) in [5.74, 6) is -0.0726. The zero-order valence-electron chi connectivity index (χ0n) is 8.64. The van der Waals surface area contributed by atoms with Crippen molar-refractivity contribution in [3.8, 4) is 0 Å². The molecule has 16 heavy (non-hydrogen) atoms. The molecule has 1 saturated heterocycles. The van der Waals surface area contributed by atoms with Crippen molar-refractivity contribution in [3.05, 3.63) is 35.6 Å². The van der Waals surface area contributed by atoms with Crippen LogP contribution in [-0.4, -0.2) is 32.2 Å². The van der Waals surface area contributed by atoms with Crippen molar-refractivity contribution in [3.63, 3.8) is 0 Å². The van der Waals surface area contributed by atoms with Gasteiger partial charge in [-0.1, -0.05) is 18.2 Å². The van der Waals surface area contributed by atoms with Gasteiger partial charge in [-0.25, -0.2) is 12.8 Å². The van der Waals surface area contributed by atoms with E-state index in [4.69, 9.17) is 0 Å². The molecule has 0 amide bonds. The van der Waals surface area contributed by atoms with Gasteiger partial charge in [0.2, 0.25) is 0 Å². The number of benzene rings is 1. The molecular formula is C11H12FNO2S. The van der Waals surface area contributed by atoms with Gasteiger partial charge in [-0.3, -0.25) is 4.99 Å². The predicted molar refractivity (Wildman–Crippen MR) is 61.1 cm³/mol. The Morgan fingerprint density at radius 3 is 2.75 bits per heavy atom. The fourth-order valence-electron chi connectivity index (χ4n) is 1.66. The van der Waals surface area contributed by atoms with E-state index < -0.39 is 9.84 Å². The standard InChI is InChI=1S/C11H12FNO2S/c12-11-4-2-1-3-9(11)7-13-10-5-6-16(14,15)8-10/h1-4,7,10H,5-6,8H2/t10-/m1/s1. The molecule has 1 atom stereocenters. The molecule has 1 fully saturated rings. The molecule has 2 rings (SSSR count). The van der Waals surface area contributed by atoms with Crippen LogP contribution in [0.4, 0.5) is 4.39 Å². The third-order valence-corrected chi connectivity index (χ3v) is 4.29. The molecular weight excluding hydrogens is 229 g/mol. The maximum absolute atomic E-state index is 13.2. The van der Waals surface area contributed by atoms with E-state index in [2.05, 4.69) is 4.99 Å². The number of nitrogens with zero attached hydrogens (tertiary/aromatic N) is 1. The Bertz CT molecular complexity index is 510.